The van der Waals surface area contributed by atoms with Gasteiger partial charge in [0.25, 0.3) is 5.91 Å². The van der Waals surface area contributed by atoms with Crippen LogP contribution in [-0.4, -0.2) is 12.5 Å². The van der Waals surface area contributed by atoms with Crippen molar-refractivity contribution in [2.75, 3.05) is 11.6 Å². The zero-order chi connectivity index (χ0) is 12.8. The van der Waals surface area contributed by atoms with Crippen molar-refractivity contribution >= 4 is 11.6 Å². The second kappa shape index (κ2) is 5.87. The second-order valence-electron chi connectivity index (χ2n) is 3.89. The monoisotopic (exact) mass is 240 g/mol. The van der Waals surface area contributed by atoms with Crippen molar-refractivity contribution in [3.8, 4) is 0 Å². The molecule has 1 amide bonds. The Kier molecular flexibility index (Phi) is 3.97. The molecule has 2 aromatic rings. The fourth-order valence-corrected chi connectivity index (χ4v) is 1.71. The fourth-order valence-electron chi connectivity index (χ4n) is 1.71. The van der Waals surface area contributed by atoms with Gasteiger partial charge in [-0.3, -0.25) is 15.2 Å². The van der Waals surface area contributed by atoms with Gasteiger partial charge >= 0.3 is 0 Å². The lowest BCUT2D eigenvalue weighted by atomic mass is 10.2. The highest BCUT2D eigenvalue weighted by Gasteiger charge is 2.09. The Morgan fingerprint density at radius 1 is 1.00 bits per heavy atom. The zero-order valence-corrected chi connectivity index (χ0v) is 10.3. The van der Waals surface area contributed by atoms with Crippen molar-refractivity contribution in [1.29, 1.82) is 0 Å². The lowest BCUT2D eigenvalue weighted by molar-refractivity contribution is 0.0949. The van der Waals surface area contributed by atoms with E-state index in [4.69, 9.17) is 0 Å². The average Bonchev–Trinajstić information content (AvgIpc) is 2.46. The molecule has 3 nitrogen and oxygen atoms in total. The van der Waals surface area contributed by atoms with Crippen molar-refractivity contribution in [3.05, 3.63) is 66.2 Å². The molecule has 2 rings (SSSR count). The third-order valence-corrected chi connectivity index (χ3v) is 2.66. The predicted octanol–water partition coefficient (Wildman–Crippen LogP) is 2.86. The number of hydrazine groups is 1. The van der Waals surface area contributed by atoms with Crippen LogP contribution >= 0.6 is 0 Å². The van der Waals surface area contributed by atoms with Crippen molar-refractivity contribution in [1.82, 2.24) is 5.43 Å². The molecule has 0 fully saturated rings. The van der Waals surface area contributed by atoms with E-state index in [1.165, 1.54) is 0 Å². The molecule has 18 heavy (non-hydrogen) atoms. The minimum absolute atomic E-state index is 0.0960. The van der Waals surface area contributed by atoms with Crippen molar-refractivity contribution in [2.24, 2.45) is 0 Å². The van der Waals surface area contributed by atoms with Gasteiger partial charge in [-0.05, 0) is 31.2 Å². The molecular formula is C15H16N2O. The van der Waals surface area contributed by atoms with Gasteiger partial charge in [0.15, 0.2) is 0 Å². The Morgan fingerprint density at radius 3 is 2.11 bits per heavy atom. The Bertz CT molecular complexity index is 496. The maximum absolute atomic E-state index is 12.0. The summed E-state index contributed by atoms with van der Waals surface area (Å²) in [7, 11) is 0. The van der Waals surface area contributed by atoms with Crippen molar-refractivity contribution in [2.45, 2.75) is 6.92 Å². The van der Waals surface area contributed by atoms with Gasteiger partial charge in [0.05, 0.1) is 5.69 Å². The van der Waals surface area contributed by atoms with E-state index in [9.17, 15) is 4.79 Å². The van der Waals surface area contributed by atoms with E-state index in [1.807, 2.05) is 60.5 Å². The van der Waals surface area contributed by atoms with Gasteiger partial charge < -0.3 is 0 Å². The van der Waals surface area contributed by atoms with Crippen LogP contribution in [0.1, 0.15) is 17.3 Å². The molecule has 3 heteroatoms. The number of anilines is 1. The zero-order valence-electron chi connectivity index (χ0n) is 10.3. The molecule has 0 aliphatic carbocycles. The summed E-state index contributed by atoms with van der Waals surface area (Å²) < 4.78 is 0. The summed E-state index contributed by atoms with van der Waals surface area (Å²) in [6.45, 7) is 2.71. The lowest BCUT2D eigenvalue weighted by Crippen LogP contribution is -2.42. The van der Waals surface area contributed by atoms with Crippen molar-refractivity contribution < 1.29 is 4.79 Å². The van der Waals surface area contributed by atoms with E-state index in [0.29, 0.717) is 12.1 Å². The maximum Gasteiger partial charge on any atom is 0.269 e. The highest BCUT2D eigenvalue weighted by Crippen LogP contribution is 2.11. The molecule has 1 N–H and O–H groups in total. The van der Waals surface area contributed by atoms with Crippen LogP contribution in [0.15, 0.2) is 60.7 Å². The first-order valence-corrected chi connectivity index (χ1v) is 6.00. The minimum atomic E-state index is -0.0960. The first kappa shape index (κ1) is 12.2. The molecule has 0 saturated carbocycles. The molecular weight excluding hydrogens is 224 g/mol. The largest absolute Gasteiger partial charge is 0.286 e. The Hall–Kier alpha value is -2.29. The number of nitrogens with zero attached hydrogens (tertiary/aromatic N) is 1. The molecule has 0 saturated heterocycles. The average molecular weight is 240 g/mol. The molecule has 0 bridgehead atoms. The Labute approximate surface area is 107 Å². The smallest absolute Gasteiger partial charge is 0.269 e. The number of carbonyl (C=O) groups is 1. The van der Waals surface area contributed by atoms with Crippen molar-refractivity contribution in [3.63, 3.8) is 0 Å². The number of carbonyl (C=O) groups excluding carboxylic acids is 1. The number of benzene rings is 2. The van der Waals surface area contributed by atoms with Crippen LogP contribution in [0.5, 0.6) is 0 Å². The van der Waals surface area contributed by atoms with E-state index < -0.39 is 0 Å². The minimum Gasteiger partial charge on any atom is -0.286 e. The number of hydrogen-bond donors (Lipinski definition) is 1. The van der Waals surface area contributed by atoms with Crippen LogP contribution in [0.2, 0.25) is 0 Å². The Balaban J connectivity index is 2.10. The van der Waals surface area contributed by atoms with Gasteiger partial charge in [-0.1, -0.05) is 36.4 Å². The summed E-state index contributed by atoms with van der Waals surface area (Å²) in [4.78, 5) is 12.0. The standard InChI is InChI=1S/C15H16N2O/c1-2-17(14-11-7-4-8-12-14)16-15(18)13-9-5-3-6-10-13/h3-12H,2H2,1H3,(H,16,18). The molecule has 92 valence electrons. The summed E-state index contributed by atoms with van der Waals surface area (Å²) in [6.07, 6.45) is 0. The van der Waals surface area contributed by atoms with E-state index >= 15 is 0 Å². The van der Waals surface area contributed by atoms with Crippen LogP contribution < -0.4 is 10.4 Å². The topological polar surface area (TPSA) is 32.3 Å². The van der Waals surface area contributed by atoms with Gasteiger partial charge in [0, 0.05) is 12.1 Å². The lowest BCUT2D eigenvalue weighted by Gasteiger charge is -2.23. The van der Waals surface area contributed by atoms with Gasteiger partial charge in [-0.25, -0.2) is 0 Å². The van der Waals surface area contributed by atoms with Crippen LogP contribution in [0.25, 0.3) is 0 Å². The van der Waals surface area contributed by atoms with Gasteiger partial charge in [-0.2, -0.15) is 0 Å². The third-order valence-electron chi connectivity index (χ3n) is 2.66. The molecule has 0 atom stereocenters. The summed E-state index contributed by atoms with van der Waals surface area (Å²) in [5.74, 6) is -0.0960. The van der Waals surface area contributed by atoms with Gasteiger partial charge in [0.1, 0.15) is 0 Å². The SMILES string of the molecule is CCN(NC(=O)c1ccccc1)c1ccccc1. The molecule has 2 aromatic carbocycles. The number of hydrogen-bond acceptors (Lipinski definition) is 2. The second-order valence-corrected chi connectivity index (χ2v) is 3.89. The summed E-state index contributed by atoms with van der Waals surface area (Å²) in [5, 5.41) is 1.83. The Morgan fingerprint density at radius 2 is 1.56 bits per heavy atom. The number of amides is 1. The molecule has 0 aliphatic rings. The first-order chi connectivity index (χ1) is 8.81. The van der Waals surface area contributed by atoms with Crippen LogP contribution in [0, 0.1) is 0 Å². The highest BCUT2D eigenvalue weighted by atomic mass is 16.2. The van der Waals surface area contributed by atoms with Gasteiger partial charge in [-0.15, -0.1) is 0 Å². The first-order valence-electron chi connectivity index (χ1n) is 6.00. The van der Waals surface area contributed by atoms with E-state index in [1.54, 1.807) is 12.1 Å². The molecule has 0 aromatic heterocycles. The molecule has 0 unspecified atom stereocenters. The van der Waals surface area contributed by atoms with E-state index in [2.05, 4.69) is 5.43 Å². The normalized spacial score (nSPS) is 9.83. The quantitative estimate of drug-likeness (QED) is 0.833. The number of rotatable bonds is 4. The van der Waals surface area contributed by atoms with E-state index in [0.717, 1.165) is 5.69 Å². The summed E-state index contributed by atoms with van der Waals surface area (Å²) in [6, 6.07) is 19.0. The highest BCUT2D eigenvalue weighted by molar-refractivity contribution is 5.95. The molecule has 0 spiro atoms. The van der Waals surface area contributed by atoms with Crippen LogP contribution in [-0.2, 0) is 0 Å². The predicted molar refractivity (Wildman–Crippen MR) is 73.4 cm³/mol. The summed E-state index contributed by atoms with van der Waals surface area (Å²) in [5.41, 5.74) is 4.53. The maximum atomic E-state index is 12.0. The molecule has 0 heterocycles. The van der Waals surface area contributed by atoms with E-state index in [-0.39, 0.29) is 5.91 Å². The number of nitrogens with one attached hydrogen (secondary N) is 1. The third kappa shape index (κ3) is 2.88. The van der Waals surface area contributed by atoms with Crippen LogP contribution in [0.4, 0.5) is 5.69 Å². The molecule has 0 radical (unpaired) electrons. The fraction of sp³-hybridized carbons (Fsp3) is 0.133. The van der Waals surface area contributed by atoms with Crippen LogP contribution in [0.3, 0.4) is 0 Å². The number of para-hydroxylation sites is 1. The van der Waals surface area contributed by atoms with Gasteiger partial charge in [0.2, 0.25) is 0 Å². The summed E-state index contributed by atoms with van der Waals surface area (Å²) >= 11 is 0. The molecule has 0 aliphatic heterocycles.